The maximum absolute atomic E-state index is 12.9. The van der Waals surface area contributed by atoms with Crippen molar-refractivity contribution in [2.24, 2.45) is 0 Å². The van der Waals surface area contributed by atoms with Crippen LogP contribution in [-0.4, -0.2) is 26.8 Å². The minimum atomic E-state index is -1.34. The van der Waals surface area contributed by atoms with Crippen molar-refractivity contribution in [3.8, 4) is 0 Å². The Hall–Kier alpha value is -4.14. The SMILES string of the molecule is Cc1ccc(NC(=O)[C@@H](OC(=O)c2cnc(C)cn2)c2ccccc2)c([N+](=O)[O-])c1. The summed E-state index contributed by atoms with van der Waals surface area (Å²) in [7, 11) is 0. The van der Waals surface area contributed by atoms with Crippen LogP contribution in [0, 0.1) is 24.0 Å². The molecule has 0 bridgehead atoms. The largest absolute Gasteiger partial charge is 0.443 e. The Morgan fingerprint density at radius 1 is 1.07 bits per heavy atom. The Balaban J connectivity index is 1.89. The predicted octanol–water partition coefficient (Wildman–Crippen LogP) is 3.54. The van der Waals surface area contributed by atoms with Crippen molar-refractivity contribution in [1.82, 2.24) is 9.97 Å². The summed E-state index contributed by atoms with van der Waals surface area (Å²) in [5.74, 6) is -1.58. The number of benzene rings is 2. The quantitative estimate of drug-likeness (QED) is 0.377. The third kappa shape index (κ3) is 4.82. The number of nitro groups is 1. The van der Waals surface area contributed by atoms with Gasteiger partial charge in [-0.3, -0.25) is 19.9 Å². The molecular weight excluding hydrogens is 388 g/mol. The molecule has 1 heterocycles. The van der Waals surface area contributed by atoms with Gasteiger partial charge in [-0.25, -0.2) is 9.78 Å². The number of hydrogen-bond donors (Lipinski definition) is 1. The molecule has 0 spiro atoms. The van der Waals surface area contributed by atoms with Crippen LogP contribution < -0.4 is 5.32 Å². The molecule has 0 saturated heterocycles. The lowest BCUT2D eigenvalue weighted by atomic mass is 10.1. The number of ether oxygens (including phenoxy) is 1. The smallest absolute Gasteiger partial charge is 0.359 e. The Bertz CT molecular complexity index is 1080. The van der Waals surface area contributed by atoms with Crippen LogP contribution in [0.3, 0.4) is 0 Å². The lowest BCUT2D eigenvalue weighted by Crippen LogP contribution is -2.26. The van der Waals surface area contributed by atoms with Crippen LogP contribution in [-0.2, 0) is 9.53 Å². The van der Waals surface area contributed by atoms with E-state index in [0.29, 0.717) is 16.8 Å². The summed E-state index contributed by atoms with van der Waals surface area (Å²) in [4.78, 5) is 44.2. The van der Waals surface area contributed by atoms with Crippen molar-refractivity contribution < 1.29 is 19.2 Å². The fraction of sp³-hybridized carbons (Fsp3) is 0.143. The molecule has 0 radical (unpaired) electrons. The van der Waals surface area contributed by atoms with Gasteiger partial charge in [-0.2, -0.15) is 0 Å². The minimum absolute atomic E-state index is 0.00251. The molecule has 1 amide bonds. The van der Waals surface area contributed by atoms with Crippen molar-refractivity contribution in [2.45, 2.75) is 20.0 Å². The molecule has 30 heavy (non-hydrogen) atoms. The molecule has 0 fully saturated rings. The van der Waals surface area contributed by atoms with Crippen molar-refractivity contribution in [3.05, 3.63) is 93.6 Å². The molecule has 0 aliphatic rings. The van der Waals surface area contributed by atoms with Crippen LogP contribution in [0.5, 0.6) is 0 Å². The van der Waals surface area contributed by atoms with Crippen LogP contribution >= 0.6 is 0 Å². The molecule has 0 aliphatic heterocycles. The lowest BCUT2D eigenvalue weighted by molar-refractivity contribution is -0.384. The molecule has 0 aliphatic carbocycles. The van der Waals surface area contributed by atoms with Crippen LogP contribution in [0.25, 0.3) is 0 Å². The number of nitrogens with one attached hydrogen (secondary N) is 1. The second-order valence-electron chi connectivity index (χ2n) is 6.51. The standard InChI is InChI=1S/C21H18N4O5/c1-13-8-9-16(18(10-13)25(28)29)24-20(26)19(15-6-4-3-5-7-15)30-21(27)17-12-22-14(2)11-23-17/h3-12,19H,1-2H3,(H,24,26)/t19-/m0/s1. The number of hydrogen-bond acceptors (Lipinski definition) is 7. The topological polar surface area (TPSA) is 124 Å². The fourth-order valence-corrected chi connectivity index (χ4v) is 2.66. The highest BCUT2D eigenvalue weighted by molar-refractivity contribution is 5.99. The predicted molar refractivity (Wildman–Crippen MR) is 108 cm³/mol. The number of rotatable bonds is 6. The molecule has 9 heteroatoms. The summed E-state index contributed by atoms with van der Waals surface area (Å²) < 4.78 is 5.40. The van der Waals surface area contributed by atoms with Crippen molar-refractivity contribution in [1.29, 1.82) is 0 Å². The number of esters is 1. The third-order valence-electron chi connectivity index (χ3n) is 4.16. The van der Waals surface area contributed by atoms with E-state index in [4.69, 9.17) is 4.74 Å². The second-order valence-corrected chi connectivity index (χ2v) is 6.51. The first-order chi connectivity index (χ1) is 14.3. The molecule has 0 unspecified atom stereocenters. The van der Waals surface area contributed by atoms with Gasteiger partial charge in [-0.15, -0.1) is 0 Å². The summed E-state index contributed by atoms with van der Waals surface area (Å²) in [5, 5.41) is 13.8. The first kappa shape index (κ1) is 20.6. The molecule has 1 atom stereocenters. The van der Waals surface area contributed by atoms with Gasteiger partial charge < -0.3 is 10.1 Å². The summed E-state index contributed by atoms with van der Waals surface area (Å²) in [5.41, 5.74) is 1.38. The van der Waals surface area contributed by atoms with E-state index >= 15 is 0 Å². The molecule has 0 saturated carbocycles. The van der Waals surface area contributed by atoms with Crippen LogP contribution in [0.4, 0.5) is 11.4 Å². The van der Waals surface area contributed by atoms with Gasteiger partial charge in [0.05, 0.1) is 16.8 Å². The van der Waals surface area contributed by atoms with Crippen LogP contribution in [0.1, 0.15) is 33.4 Å². The van der Waals surface area contributed by atoms with Gasteiger partial charge in [0.1, 0.15) is 5.69 Å². The van der Waals surface area contributed by atoms with Gasteiger partial charge in [-0.1, -0.05) is 36.4 Å². The van der Waals surface area contributed by atoms with Crippen molar-refractivity contribution in [3.63, 3.8) is 0 Å². The number of aryl methyl sites for hydroxylation is 2. The Morgan fingerprint density at radius 2 is 1.80 bits per heavy atom. The second kappa shape index (κ2) is 8.91. The zero-order valence-electron chi connectivity index (χ0n) is 16.2. The van der Waals surface area contributed by atoms with E-state index in [-0.39, 0.29) is 17.1 Å². The van der Waals surface area contributed by atoms with Crippen molar-refractivity contribution in [2.75, 3.05) is 5.32 Å². The Labute approximate surface area is 171 Å². The number of nitrogens with zero attached hydrogens (tertiary/aromatic N) is 3. The van der Waals surface area contributed by atoms with E-state index in [2.05, 4.69) is 15.3 Å². The normalized spacial score (nSPS) is 11.4. The van der Waals surface area contributed by atoms with Gasteiger partial charge in [-0.05, 0) is 25.5 Å². The summed E-state index contributed by atoms with van der Waals surface area (Å²) >= 11 is 0. The number of carbonyl (C=O) groups is 2. The molecule has 2 aromatic carbocycles. The van der Waals surface area contributed by atoms with Gasteiger partial charge in [0.15, 0.2) is 5.69 Å². The van der Waals surface area contributed by atoms with Gasteiger partial charge >= 0.3 is 5.97 Å². The molecular formula is C21H18N4O5. The van der Waals surface area contributed by atoms with Gasteiger partial charge in [0.25, 0.3) is 11.6 Å². The number of nitro benzene ring substituents is 1. The van der Waals surface area contributed by atoms with Crippen LogP contribution in [0.15, 0.2) is 60.9 Å². The minimum Gasteiger partial charge on any atom is -0.443 e. The van der Waals surface area contributed by atoms with Gasteiger partial charge in [0.2, 0.25) is 6.10 Å². The first-order valence-electron chi connectivity index (χ1n) is 8.95. The summed E-state index contributed by atoms with van der Waals surface area (Å²) in [6, 6.07) is 12.8. The first-order valence-corrected chi connectivity index (χ1v) is 8.95. The third-order valence-corrected chi connectivity index (χ3v) is 4.16. The molecule has 152 valence electrons. The summed E-state index contributed by atoms with van der Waals surface area (Å²) in [6.45, 7) is 3.42. The number of aromatic nitrogens is 2. The maximum Gasteiger partial charge on any atom is 0.359 e. The molecule has 3 aromatic rings. The number of anilines is 1. The van der Waals surface area contributed by atoms with E-state index in [1.807, 2.05) is 0 Å². The van der Waals surface area contributed by atoms with Crippen molar-refractivity contribution >= 4 is 23.3 Å². The zero-order chi connectivity index (χ0) is 21.7. The highest BCUT2D eigenvalue weighted by Crippen LogP contribution is 2.28. The molecule has 1 aromatic heterocycles. The average molecular weight is 406 g/mol. The van der Waals surface area contributed by atoms with Gasteiger partial charge in [0, 0.05) is 17.8 Å². The maximum atomic E-state index is 12.9. The van der Waals surface area contributed by atoms with Crippen LogP contribution in [0.2, 0.25) is 0 Å². The Kier molecular flexibility index (Phi) is 6.11. The highest BCUT2D eigenvalue weighted by atomic mass is 16.6. The molecule has 3 rings (SSSR count). The Morgan fingerprint density at radius 3 is 2.43 bits per heavy atom. The zero-order valence-corrected chi connectivity index (χ0v) is 16.2. The average Bonchev–Trinajstić information content (AvgIpc) is 2.74. The molecule has 1 N–H and O–H groups in total. The number of amides is 1. The van der Waals surface area contributed by atoms with E-state index < -0.39 is 22.9 Å². The molecule has 9 nitrogen and oxygen atoms in total. The summed E-state index contributed by atoms with van der Waals surface area (Å²) in [6.07, 6.45) is 1.31. The highest BCUT2D eigenvalue weighted by Gasteiger charge is 2.28. The number of carbonyl (C=O) groups excluding carboxylic acids is 2. The fourth-order valence-electron chi connectivity index (χ4n) is 2.66. The monoisotopic (exact) mass is 406 g/mol. The van der Waals surface area contributed by atoms with E-state index in [1.165, 1.54) is 24.5 Å². The van der Waals surface area contributed by atoms with E-state index in [0.717, 1.165) is 0 Å². The lowest BCUT2D eigenvalue weighted by Gasteiger charge is -2.18. The van der Waals surface area contributed by atoms with E-state index in [9.17, 15) is 19.7 Å². The van der Waals surface area contributed by atoms with E-state index in [1.54, 1.807) is 50.2 Å².